The van der Waals surface area contributed by atoms with Gasteiger partial charge in [0, 0.05) is 24.7 Å². The summed E-state index contributed by atoms with van der Waals surface area (Å²) < 4.78 is 0. The van der Waals surface area contributed by atoms with Crippen LogP contribution < -0.4 is 0 Å². The number of aliphatic hydroxyl groups is 1. The average molecular weight is 307 g/mol. The summed E-state index contributed by atoms with van der Waals surface area (Å²) in [7, 11) is 0. The van der Waals surface area contributed by atoms with Gasteiger partial charge in [0.25, 0.3) is 5.91 Å². The van der Waals surface area contributed by atoms with Crippen LogP contribution in [0.25, 0.3) is 0 Å². The van der Waals surface area contributed by atoms with Crippen LogP contribution in [0, 0.1) is 11.8 Å². The maximum atomic E-state index is 12.6. The molecule has 0 radical (unpaired) electrons. The molecule has 1 fully saturated rings. The smallest absolute Gasteiger partial charge is 0.274 e. The molecule has 1 amide bonds. The third-order valence-electron chi connectivity index (χ3n) is 4.69. The highest BCUT2D eigenvalue weighted by atomic mass is 16.3. The van der Waals surface area contributed by atoms with E-state index in [0.29, 0.717) is 37.0 Å². The van der Waals surface area contributed by atoms with Gasteiger partial charge in [-0.25, -0.2) is 0 Å². The summed E-state index contributed by atoms with van der Waals surface area (Å²) in [6.07, 6.45) is 1.55. The number of H-pyrrole nitrogens is 1. The Labute approximate surface area is 133 Å². The lowest BCUT2D eigenvalue weighted by molar-refractivity contribution is -0.0578. The molecule has 0 bridgehead atoms. The lowest BCUT2D eigenvalue weighted by atomic mass is 9.78. The molecule has 0 saturated carbocycles. The Balaban J connectivity index is 2.09. The molecule has 1 aromatic rings. The molecule has 0 spiro atoms. The lowest BCUT2D eigenvalue weighted by Gasteiger charge is -2.43. The molecule has 2 atom stereocenters. The lowest BCUT2D eigenvalue weighted by Crippen LogP contribution is -2.52. The second-order valence-corrected chi connectivity index (χ2v) is 7.55. The molecule has 1 aliphatic rings. The zero-order valence-corrected chi connectivity index (χ0v) is 14.4. The van der Waals surface area contributed by atoms with Gasteiger partial charge in [-0.05, 0) is 37.7 Å². The fraction of sp³-hybridized carbons (Fsp3) is 0.765. The number of aromatic amines is 1. The number of nitrogens with one attached hydrogen (secondary N) is 1. The molecule has 1 saturated heterocycles. The van der Waals surface area contributed by atoms with Gasteiger partial charge in [0.1, 0.15) is 5.69 Å². The van der Waals surface area contributed by atoms with Crippen molar-refractivity contribution in [2.75, 3.05) is 13.1 Å². The summed E-state index contributed by atoms with van der Waals surface area (Å²) in [5.41, 5.74) is 0.773. The van der Waals surface area contributed by atoms with E-state index in [0.717, 1.165) is 12.1 Å². The van der Waals surface area contributed by atoms with Crippen molar-refractivity contribution < 1.29 is 9.90 Å². The van der Waals surface area contributed by atoms with Crippen molar-refractivity contribution in [1.29, 1.82) is 0 Å². The molecule has 2 rings (SSSR count). The Kier molecular flexibility index (Phi) is 4.95. The third kappa shape index (κ3) is 3.69. The van der Waals surface area contributed by atoms with Crippen LogP contribution in [0.4, 0.5) is 0 Å². The van der Waals surface area contributed by atoms with Gasteiger partial charge in [0.15, 0.2) is 0 Å². The highest BCUT2D eigenvalue weighted by Crippen LogP contribution is 2.32. The third-order valence-corrected chi connectivity index (χ3v) is 4.69. The number of amides is 1. The minimum Gasteiger partial charge on any atom is -0.390 e. The second-order valence-electron chi connectivity index (χ2n) is 7.55. The van der Waals surface area contributed by atoms with Crippen LogP contribution in [0.15, 0.2) is 6.07 Å². The Bertz CT molecular complexity index is 520. The van der Waals surface area contributed by atoms with Crippen molar-refractivity contribution in [3.63, 3.8) is 0 Å². The summed E-state index contributed by atoms with van der Waals surface area (Å²) in [5.74, 6) is 0.912. The number of likely N-dealkylation sites (tertiary alicyclic amines) is 1. The van der Waals surface area contributed by atoms with Gasteiger partial charge in [-0.3, -0.25) is 9.89 Å². The minimum atomic E-state index is -0.685. The molecular formula is C17H29N3O2. The van der Waals surface area contributed by atoms with Gasteiger partial charge in [-0.2, -0.15) is 5.10 Å². The molecule has 22 heavy (non-hydrogen) atoms. The Hall–Kier alpha value is -1.36. The Morgan fingerprint density at radius 2 is 2.18 bits per heavy atom. The summed E-state index contributed by atoms with van der Waals surface area (Å²) in [5, 5.41) is 17.7. The van der Waals surface area contributed by atoms with E-state index in [-0.39, 0.29) is 11.8 Å². The molecule has 1 aromatic heterocycles. The van der Waals surface area contributed by atoms with Crippen LogP contribution in [0.2, 0.25) is 0 Å². The van der Waals surface area contributed by atoms with E-state index in [1.165, 1.54) is 0 Å². The number of hydrogen-bond acceptors (Lipinski definition) is 3. The molecule has 5 nitrogen and oxygen atoms in total. The van der Waals surface area contributed by atoms with Crippen molar-refractivity contribution in [2.45, 2.75) is 59.0 Å². The second kappa shape index (κ2) is 6.41. The number of hydrogen-bond donors (Lipinski definition) is 2. The number of carbonyl (C=O) groups is 1. The summed E-state index contributed by atoms with van der Waals surface area (Å²) in [6.45, 7) is 11.5. The van der Waals surface area contributed by atoms with Crippen molar-refractivity contribution >= 4 is 5.91 Å². The summed E-state index contributed by atoms with van der Waals surface area (Å²) in [6, 6.07) is 1.84. The first-order chi connectivity index (χ1) is 10.2. The fourth-order valence-electron chi connectivity index (χ4n) is 3.11. The quantitative estimate of drug-likeness (QED) is 0.898. The molecule has 5 heteroatoms. The molecule has 124 valence electrons. The van der Waals surface area contributed by atoms with E-state index < -0.39 is 5.60 Å². The van der Waals surface area contributed by atoms with Crippen LogP contribution in [0.5, 0.6) is 0 Å². The molecular weight excluding hydrogens is 278 g/mol. The first kappa shape index (κ1) is 17.0. The monoisotopic (exact) mass is 307 g/mol. The van der Waals surface area contributed by atoms with Crippen molar-refractivity contribution in [1.82, 2.24) is 15.1 Å². The highest BCUT2D eigenvalue weighted by Gasteiger charge is 2.39. The first-order valence-electron chi connectivity index (χ1n) is 8.27. The zero-order valence-electron chi connectivity index (χ0n) is 14.4. The average Bonchev–Trinajstić information content (AvgIpc) is 2.89. The first-order valence-corrected chi connectivity index (χ1v) is 8.27. The van der Waals surface area contributed by atoms with Crippen molar-refractivity contribution in [3.05, 3.63) is 17.5 Å². The van der Waals surface area contributed by atoms with E-state index in [1.807, 2.05) is 17.9 Å². The number of piperidine rings is 1. The molecule has 2 N–H and O–H groups in total. The maximum absolute atomic E-state index is 12.6. The Morgan fingerprint density at radius 3 is 2.73 bits per heavy atom. The summed E-state index contributed by atoms with van der Waals surface area (Å²) in [4.78, 5) is 14.5. The number of aromatic nitrogens is 2. The van der Waals surface area contributed by atoms with E-state index >= 15 is 0 Å². The molecule has 0 unspecified atom stereocenters. The van der Waals surface area contributed by atoms with Crippen LogP contribution in [-0.2, 0) is 0 Å². The molecule has 0 aromatic carbocycles. The van der Waals surface area contributed by atoms with Crippen LogP contribution in [0.3, 0.4) is 0 Å². The SMILES string of the molecule is CC(C)C[C@@H]1CN(C(=O)c2cc(C(C)C)[nH]n2)CC[C@]1(C)O. The topological polar surface area (TPSA) is 69.2 Å². The van der Waals surface area contributed by atoms with Gasteiger partial charge in [0.05, 0.1) is 5.60 Å². The molecule has 1 aliphatic heterocycles. The zero-order chi connectivity index (χ0) is 16.5. The number of rotatable bonds is 4. The largest absolute Gasteiger partial charge is 0.390 e. The standard InChI is InChI=1S/C17H29N3O2/c1-11(2)8-13-10-20(7-6-17(13,5)22)16(21)15-9-14(12(3)4)18-19-15/h9,11-13,22H,6-8,10H2,1-5H3,(H,18,19)/t13-,17+/m1/s1. The van der Waals surface area contributed by atoms with E-state index in [9.17, 15) is 9.90 Å². The van der Waals surface area contributed by atoms with Gasteiger partial charge in [0.2, 0.25) is 0 Å². The predicted octanol–water partition coefficient (Wildman–Crippen LogP) is 2.79. The predicted molar refractivity (Wildman–Crippen MR) is 86.8 cm³/mol. The van der Waals surface area contributed by atoms with Crippen molar-refractivity contribution in [2.24, 2.45) is 11.8 Å². The molecule has 2 heterocycles. The highest BCUT2D eigenvalue weighted by molar-refractivity contribution is 5.92. The summed E-state index contributed by atoms with van der Waals surface area (Å²) >= 11 is 0. The van der Waals surface area contributed by atoms with Crippen molar-refractivity contribution in [3.8, 4) is 0 Å². The minimum absolute atomic E-state index is 0.0348. The van der Waals surface area contributed by atoms with Crippen LogP contribution in [0.1, 0.15) is 69.6 Å². The van der Waals surface area contributed by atoms with Gasteiger partial charge >= 0.3 is 0 Å². The number of nitrogens with zero attached hydrogens (tertiary/aromatic N) is 2. The normalized spacial score (nSPS) is 26.0. The van der Waals surface area contributed by atoms with E-state index in [1.54, 1.807) is 0 Å². The van der Waals surface area contributed by atoms with Gasteiger partial charge < -0.3 is 10.0 Å². The van der Waals surface area contributed by atoms with Crippen LogP contribution in [-0.4, -0.2) is 44.8 Å². The van der Waals surface area contributed by atoms with Gasteiger partial charge in [-0.15, -0.1) is 0 Å². The van der Waals surface area contributed by atoms with E-state index in [4.69, 9.17) is 0 Å². The van der Waals surface area contributed by atoms with E-state index in [2.05, 4.69) is 37.9 Å². The molecule has 0 aliphatic carbocycles. The Morgan fingerprint density at radius 1 is 1.50 bits per heavy atom. The van der Waals surface area contributed by atoms with Gasteiger partial charge in [-0.1, -0.05) is 27.7 Å². The van der Waals surface area contributed by atoms with Crippen LogP contribution >= 0.6 is 0 Å². The number of carbonyl (C=O) groups excluding carboxylic acids is 1. The maximum Gasteiger partial charge on any atom is 0.274 e. The fourth-order valence-corrected chi connectivity index (χ4v) is 3.11.